The summed E-state index contributed by atoms with van der Waals surface area (Å²) in [5.41, 5.74) is 2.30. The molecule has 136 valence electrons. The second-order valence-corrected chi connectivity index (χ2v) is 6.51. The summed E-state index contributed by atoms with van der Waals surface area (Å²) in [5, 5.41) is 7.48. The van der Waals surface area contributed by atoms with Crippen molar-refractivity contribution in [2.45, 2.75) is 26.7 Å². The van der Waals surface area contributed by atoms with Crippen molar-refractivity contribution in [3.05, 3.63) is 29.3 Å². The number of hydrogen-bond donors (Lipinski definition) is 3. The van der Waals surface area contributed by atoms with Crippen molar-refractivity contribution >= 4 is 23.5 Å². The fraction of sp³-hybridized carbons (Fsp3) is 0.500. The Morgan fingerprint density at radius 3 is 2.68 bits per heavy atom. The van der Waals surface area contributed by atoms with Crippen LogP contribution in [0.4, 0.5) is 10.5 Å². The molecule has 1 saturated heterocycles. The Morgan fingerprint density at radius 1 is 1.28 bits per heavy atom. The highest BCUT2D eigenvalue weighted by Gasteiger charge is 2.22. The maximum Gasteiger partial charge on any atom is 0.321 e. The van der Waals surface area contributed by atoms with E-state index >= 15 is 0 Å². The molecular weight excluding hydrogens is 320 g/mol. The molecule has 3 N–H and O–H groups in total. The first-order chi connectivity index (χ1) is 11.9. The zero-order valence-electron chi connectivity index (χ0n) is 15.0. The molecule has 0 saturated carbocycles. The number of nitrogens with one attached hydrogen (secondary N) is 3. The summed E-state index contributed by atoms with van der Waals surface area (Å²) in [4.78, 5) is 37.2. The average molecular weight is 346 g/mol. The lowest BCUT2D eigenvalue weighted by atomic mass is 9.99. The highest BCUT2D eigenvalue weighted by Crippen LogP contribution is 2.21. The number of benzene rings is 1. The smallest absolute Gasteiger partial charge is 0.321 e. The minimum atomic E-state index is -0.541. The van der Waals surface area contributed by atoms with Gasteiger partial charge in [-0.3, -0.25) is 14.9 Å². The lowest BCUT2D eigenvalue weighted by Gasteiger charge is -2.31. The largest absolute Gasteiger partial charge is 0.376 e. The fourth-order valence-corrected chi connectivity index (χ4v) is 2.96. The molecule has 0 unspecified atom stereocenters. The maximum atomic E-state index is 12.6. The molecule has 1 heterocycles. The van der Waals surface area contributed by atoms with Gasteiger partial charge in [-0.05, 0) is 49.4 Å². The van der Waals surface area contributed by atoms with E-state index in [2.05, 4.69) is 22.9 Å². The molecule has 4 amide bonds. The van der Waals surface area contributed by atoms with Gasteiger partial charge in [-0.15, -0.1) is 0 Å². The number of imide groups is 1. The number of rotatable bonds is 4. The molecule has 1 atom stereocenters. The van der Waals surface area contributed by atoms with Crippen LogP contribution >= 0.6 is 0 Å². The molecule has 7 heteroatoms. The lowest BCUT2D eigenvalue weighted by Crippen LogP contribution is -2.40. The molecule has 0 aliphatic carbocycles. The van der Waals surface area contributed by atoms with Gasteiger partial charge >= 0.3 is 6.03 Å². The third-order valence-corrected chi connectivity index (χ3v) is 4.34. The van der Waals surface area contributed by atoms with Crippen LogP contribution in [0.15, 0.2) is 18.2 Å². The maximum absolute atomic E-state index is 12.6. The molecule has 0 aromatic heterocycles. The Balaban J connectivity index is 1.96. The van der Waals surface area contributed by atoms with Crippen LogP contribution in [0.25, 0.3) is 0 Å². The summed E-state index contributed by atoms with van der Waals surface area (Å²) in [6, 6.07) is 4.86. The Morgan fingerprint density at radius 2 is 2.04 bits per heavy atom. The van der Waals surface area contributed by atoms with Gasteiger partial charge in [-0.25, -0.2) is 4.79 Å². The second kappa shape index (κ2) is 8.50. The number of carbonyl (C=O) groups excluding carboxylic acids is 3. The molecule has 2 rings (SSSR count). The van der Waals surface area contributed by atoms with Gasteiger partial charge in [-0.2, -0.15) is 0 Å². The first-order valence-corrected chi connectivity index (χ1v) is 8.56. The molecule has 1 aliphatic heterocycles. The van der Waals surface area contributed by atoms with Crippen molar-refractivity contribution in [1.82, 2.24) is 15.5 Å². The molecule has 1 aromatic carbocycles. The van der Waals surface area contributed by atoms with Crippen molar-refractivity contribution in [2.75, 3.05) is 32.0 Å². The van der Waals surface area contributed by atoms with Crippen molar-refractivity contribution in [3.63, 3.8) is 0 Å². The second-order valence-electron chi connectivity index (χ2n) is 6.51. The Bertz CT molecular complexity index is 660. The number of nitrogens with zero attached hydrogens (tertiary/aromatic N) is 1. The number of aryl methyl sites for hydroxylation is 1. The summed E-state index contributed by atoms with van der Waals surface area (Å²) in [7, 11) is 1.44. The predicted molar refractivity (Wildman–Crippen MR) is 96.6 cm³/mol. The first-order valence-electron chi connectivity index (χ1n) is 8.56. The van der Waals surface area contributed by atoms with Gasteiger partial charge in [0.2, 0.25) is 5.91 Å². The normalized spacial score (nSPS) is 16.9. The van der Waals surface area contributed by atoms with Gasteiger partial charge in [0.1, 0.15) is 0 Å². The van der Waals surface area contributed by atoms with E-state index in [1.165, 1.54) is 13.5 Å². The predicted octanol–water partition coefficient (Wildman–Crippen LogP) is 1.73. The number of anilines is 1. The minimum absolute atomic E-state index is 0.0226. The van der Waals surface area contributed by atoms with Gasteiger partial charge in [0.25, 0.3) is 5.91 Å². The first kappa shape index (κ1) is 18.8. The molecule has 1 aromatic rings. The zero-order valence-corrected chi connectivity index (χ0v) is 15.0. The summed E-state index contributed by atoms with van der Waals surface area (Å²) < 4.78 is 0. The van der Waals surface area contributed by atoms with E-state index in [4.69, 9.17) is 0 Å². The SMILES string of the molecule is CNC(=O)NC(=O)CNc1ccc(C(=O)N2CCC[C@H](C)C2)cc1C. The monoisotopic (exact) mass is 346 g/mol. The van der Waals surface area contributed by atoms with E-state index in [1.54, 1.807) is 12.1 Å². The molecule has 7 nitrogen and oxygen atoms in total. The van der Waals surface area contributed by atoms with Crippen molar-refractivity contribution < 1.29 is 14.4 Å². The minimum Gasteiger partial charge on any atom is -0.376 e. The van der Waals surface area contributed by atoms with Crippen molar-refractivity contribution in [3.8, 4) is 0 Å². The van der Waals surface area contributed by atoms with Crippen LogP contribution in [0.3, 0.4) is 0 Å². The fourth-order valence-electron chi connectivity index (χ4n) is 2.96. The Kier molecular flexibility index (Phi) is 6.38. The van der Waals surface area contributed by atoms with Crippen LogP contribution < -0.4 is 16.0 Å². The number of carbonyl (C=O) groups is 3. The third-order valence-electron chi connectivity index (χ3n) is 4.34. The number of amides is 4. The number of hydrogen-bond acceptors (Lipinski definition) is 4. The van der Waals surface area contributed by atoms with Gasteiger partial charge in [0.05, 0.1) is 6.54 Å². The van der Waals surface area contributed by atoms with Crippen LogP contribution in [-0.4, -0.2) is 49.4 Å². The van der Waals surface area contributed by atoms with E-state index < -0.39 is 11.9 Å². The van der Waals surface area contributed by atoms with Gasteiger partial charge in [0.15, 0.2) is 0 Å². The van der Waals surface area contributed by atoms with Crippen LogP contribution in [0, 0.1) is 12.8 Å². The van der Waals surface area contributed by atoms with E-state index in [0.29, 0.717) is 11.5 Å². The standard InChI is InChI=1S/C18H26N4O3/c1-12-5-4-8-22(11-12)17(24)14-6-7-15(13(2)9-14)20-10-16(23)21-18(25)19-3/h6-7,9,12,20H,4-5,8,10-11H2,1-3H3,(H2,19,21,23,25)/t12-/m0/s1. The summed E-state index contributed by atoms with van der Waals surface area (Å²) in [6.45, 7) is 5.64. The highest BCUT2D eigenvalue weighted by atomic mass is 16.2. The van der Waals surface area contributed by atoms with E-state index in [9.17, 15) is 14.4 Å². The topological polar surface area (TPSA) is 90.5 Å². The molecule has 0 bridgehead atoms. The lowest BCUT2D eigenvalue weighted by molar-refractivity contribution is -0.118. The Labute approximate surface area is 148 Å². The molecular formula is C18H26N4O3. The van der Waals surface area contributed by atoms with Gasteiger partial charge in [-0.1, -0.05) is 6.92 Å². The van der Waals surface area contributed by atoms with Crippen molar-refractivity contribution in [2.24, 2.45) is 5.92 Å². The van der Waals surface area contributed by atoms with Crippen LogP contribution in [0.5, 0.6) is 0 Å². The van der Waals surface area contributed by atoms with E-state index in [0.717, 1.165) is 30.8 Å². The average Bonchev–Trinajstić information content (AvgIpc) is 2.59. The molecule has 0 radical (unpaired) electrons. The van der Waals surface area contributed by atoms with Gasteiger partial charge in [0, 0.05) is 31.4 Å². The van der Waals surface area contributed by atoms with Crippen LogP contribution in [-0.2, 0) is 4.79 Å². The summed E-state index contributed by atoms with van der Waals surface area (Å²) in [5.74, 6) is 0.165. The highest BCUT2D eigenvalue weighted by molar-refractivity contribution is 5.97. The van der Waals surface area contributed by atoms with Gasteiger partial charge < -0.3 is 15.5 Å². The number of likely N-dealkylation sites (tertiary alicyclic amines) is 1. The Hall–Kier alpha value is -2.57. The van der Waals surface area contributed by atoms with E-state index in [1.807, 2.05) is 17.9 Å². The molecule has 1 fully saturated rings. The van der Waals surface area contributed by atoms with Crippen LogP contribution in [0.1, 0.15) is 35.7 Å². The quantitative estimate of drug-likeness (QED) is 0.774. The number of piperidine rings is 1. The summed E-state index contributed by atoms with van der Waals surface area (Å²) in [6.07, 6.45) is 2.22. The third kappa shape index (κ3) is 5.20. The van der Waals surface area contributed by atoms with Crippen molar-refractivity contribution in [1.29, 1.82) is 0 Å². The zero-order chi connectivity index (χ0) is 18.4. The van der Waals surface area contributed by atoms with Crippen LogP contribution in [0.2, 0.25) is 0 Å². The molecule has 0 spiro atoms. The van der Waals surface area contributed by atoms with E-state index in [-0.39, 0.29) is 12.5 Å². The summed E-state index contributed by atoms with van der Waals surface area (Å²) >= 11 is 0. The molecule has 25 heavy (non-hydrogen) atoms. The number of urea groups is 1. The molecule has 1 aliphatic rings.